The highest BCUT2D eigenvalue weighted by molar-refractivity contribution is 5.99. The highest BCUT2D eigenvalue weighted by Crippen LogP contribution is 2.27. The lowest BCUT2D eigenvalue weighted by Crippen LogP contribution is -2.46. The molecule has 152 valence electrons. The zero-order valence-corrected chi connectivity index (χ0v) is 16.7. The largest absolute Gasteiger partial charge is 0.481 e. The first-order valence-electron chi connectivity index (χ1n) is 9.79. The second kappa shape index (κ2) is 8.20. The minimum Gasteiger partial charge on any atom is -0.481 e. The Morgan fingerprint density at radius 1 is 1.07 bits per heavy atom. The third-order valence-corrected chi connectivity index (χ3v) is 4.90. The van der Waals surface area contributed by atoms with Crippen molar-refractivity contribution in [3.05, 3.63) is 24.3 Å². The van der Waals surface area contributed by atoms with E-state index in [0.717, 1.165) is 31.6 Å². The summed E-state index contributed by atoms with van der Waals surface area (Å²) in [5.41, 5.74) is 0.602. The number of hydrogen-bond donors (Lipinski definition) is 1. The molecule has 0 radical (unpaired) electrons. The molecule has 3 rings (SSSR count). The summed E-state index contributed by atoms with van der Waals surface area (Å²) in [6, 6.07) is 7.57. The van der Waals surface area contributed by atoms with Crippen LogP contribution in [0.15, 0.2) is 24.3 Å². The lowest BCUT2D eigenvalue weighted by Gasteiger charge is -2.34. The van der Waals surface area contributed by atoms with E-state index in [9.17, 15) is 14.4 Å². The molecule has 2 amide bonds. The molecule has 2 aliphatic rings. The Bertz CT molecular complexity index is 730. The smallest absolute Gasteiger partial charge is 0.309 e. The van der Waals surface area contributed by atoms with Gasteiger partial charge in [0.2, 0.25) is 5.91 Å². The molecule has 0 saturated carbocycles. The molecule has 2 fully saturated rings. The Balaban J connectivity index is 1.51. The number of imide groups is 1. The number of nitrogens with one attached hydrogen (secondary N) is 1. The van der Waals surface area contributed by atoms with Crippen molar-refractivity contribution in [2.45, 2.75) is 58.2 Å². The summed E-state index contributed by atoms with van der Waals surface area (Å²) >= 11 is 0. The molecule has 7 nitrogen and oxygen atoms in total. The van der Waals surface area contributed by atoms with E-state index in [1.54, 1.807) is 0 Å². The van der Waals surface area contributed by atoms with Crippen LogP contribution < -0.4 is 15.0 Å². The summed E-state index contributed by atoms with van der Waals surface area (Å²) < 4.78 is 11.2. The summed E-state index contributed by atoms with van der Waals surface area (Å²) in [7, 11) is 0. The zero-order valence-electron chi connectivity index (χ0n) is 16.7. The van der Waals surface area contributed by atoms with Crippen LogP contribution in [0.2, 0.25) is 0 Å². The number of hydrogen-bond acceptors (Lipinski definition) is 6. The van der Waals surface area contributed by atoms with Crippen molar-refractivity contribution in [3.8, 4) is 5.75 Å². The van der Waals surface area contributed by atoms with Crippen LogP contribution in [0.1, 0.15) is 46.5 Å². The quantitative estimate of drug-likeness (QED) is 0.630. The van der Waals surface area contributed by atoms with E-state index in [2.05, 4.69) is 10.2 Å². The number of rotatable bonds is 4. The van der Waals surface area contributed by atoms with Crippen molar-refractivity contribution in [2.24, 2.45) is 5.92 Å². The normalized spacial score (nSPS) is 21.2. The minimum atomic E-state index is -0.631. The molecule has 0 bridgehead atoms. The van der Waals surface area contributed by atoms with Crippen LogP contribution in [0.5, 0.6) is 5.75 Å². The van der Waals surface area contributed by atoms with Crippen molar-refractivity contribution in [3.63, 3.8) is 0 Å². The molecular formula is C21H28N2O5. The molecule has 0 aliphatic carbocycles. The average Bonchev–Trinajstić information content (AvgIpc) is 2.63. The Morgan fingerprint density at radius 3 is 2.29 bits per heavy atom. The predicted octanol–water partition coefficient (Wildman–Crippen LogP) is 2.43. The van der Waals surface area contributed by atoms with Gasteiger partial charge in [-0.25, -0.2) is 0 Å². The van der Waals surface area contributed by atoms with Gasteiger partial charge in [0, 0.05) is 31.6 Å². The van der Waals surface area contributed by atoms with Gasteiger partial charge in [-0.15, -0.1) is 0 Å². The van der Waals surface area contributed by atoms with Gasteiger partial charge in [-0.2, -0.15) is 0 Å². The number of amides is 2. The Hall–Kier alpha value is -2.57. The SMILES string of the molecule is CC(C)(C)OC(=O)C1CCN(c2ccc(OC3CCC(=O)NC3=O)cc2)CC1. The second-order valence-electron chi connectivity index (χ2n) is 8.35. The Labute approximate surface area is 165 Å². The first kappa shape index (κ1) is 20.2. The molecule has 1 aromatic rings. The molecular weight excluding hydrogens is 360 g/mol. The van der Waals surface area contributed by atoms with Crippen molar-refractivity contribution < 1.29 is 23.9 Å². The molecule has 0 spiro atoms. The Kier molecular flexibility index (Phi) is 5.91. The number of nitrogens with zero attached hydrogens (tertiary/aromatic N) is 1. The first-order chi connectivity index (χ1) is 13.2. The van der Waals surface area contributed by atoms with Gasteiger partial charge < -0.3 is 14.4 Å². The maximum atomic E-state index is 12.2. The molecule has 1 unspecified atom stereocenters. The fraction of sp³-hybridized carbons (Fsp3) is 0.571. The first-order valence-corrected chi connectivity index (χ1v) is 9.79. The van der Waals surface area contributed by atoms with Gasteiger partial charge in [0.05, 0.1) is 5.92 Å². The third-order valence-electron chi connectivity index (χ3n) is 4.90. The molecule has 2 heterocycles. The lowest BCUT2D eigenvalue weighted by molar-refractivity contribution is -0.160. The van der Waals surface area contributed by atoms with E-state index in [4.69, 9.17) is 9.47 Å². The number of anilines is 1. The van der Waals surface area contributed by atoms with Gasteiger partial charge in [0.1, 0.15) is 11.4 Å². The number of esters is 1. The van der Waals surface area contributed by atoms with Crippen molar-refractivity contribution in [1.82, 2.24) is 5.32 Å². The minimum absolute atomic E-state index is 0.0504. The van der Waals surface area contributed by atoms with Gasteiger partial charge in [0.25, 0.3) is 5.91 Å². The summed E-state index contributed by atoms with van der Waals surface area (Å²) in [6.07, 6.45) is 1.59. The van der Waals surface area contributed by atoms with E-state index < -0.39 is 11.7 Å². The Morgan fingerprint density at radius 2 is 1.71 bits per heavy atom. The van der Waals surface area contributed by atoms with Gasteiger partial charge in [-0.05, 0) is 57.9 Å². The van der Waals surface area contributed by atoms with E-state index in [1.807, 2.05) is 45.0 Å². The van der Waals surface area contributed by atoms with Crippen LogP contribution in [0.25, 0.3) is 0 Å². The topological polar surface area (TPSA) is 84.9 Å². The fourth-order valence-corrected chi connectivity index (χ4v) is 3.44. The standard InChI is InChI=1S/C21H28N2O5/c1-21(2,3)28-20(26)14-10-12-23(13-11-14)15-4-6-16(7-5-15)27-17-8-9-18(24)22-19(17)25/h4-7,14,17H,8-13H2,1-3H3,(H,22,24,25). The molecule has 2 aliphatic heterocycles. The second-order valence-corrected chi connectivity index (χ2v) is 8.35. The van der Waals surface area contributed by atoms with Crippen LogP contribution in [0.3, 0.4) is 0 Å². The van der Waals surface area contributed by atoms with Crippen LogP contribution >= 0.6 is 0 Å². The zero-order chi connectivity index (χ0) is 20.3. The van der Waals surface area contributed by atoms with Gasteiger partial charge in [-0.1, -0.05) is 0 Å². The van der Waals surface area contributed by atoms with E-state index in [-0.39, 0.29) is 23.7 Å². The third kappa shape index (κ3) is 5.24. The summed E-state index contributed by atoms with van der Waals surface area (Å²) in [5, 5.41) is 2.29. The number of carbonyl (C=O) groups is 3. The maximum absolute atomic E-state index is 12.2. The van der Waals surface area contributed by atoms with Crippen LogP contribution in [0, 0.1) is 5.92 Å². The number of carbonyl (C=O) groups excluding carboxylic acids is 3. The molecule has 1 aromatic carbocycles. The highest BCUT2D eigenvalue weighted by Gasteiger charge is 2.30. The molecule has 1 N–H and O–H groups in total. The van der Waals surface area contributed by atoms with Crippen molar-refractivity contribution in [1.29, 1.82) is 0 Å². The summed E-state index contributed by atoms with van der Waals surface area (Å²) in [4.78, 5) is 37.5. The number of ether oxygens (including phenoxy) is 2. The van der Waals surface area contributed by atoms with Gasteiger partial charge >= 0.3 is 5.97 Å². The summed E-state index contributed by atoms with van der Waals surface area (Å²) in [6.45, 7) is 7.24. The van der Waals surface area contributed by atoms with Crippen LogP contribution in [0.4, 0.5) is 5.69 Å². The molecule has 2 saturated heterocycles. The van der Waals surface area contributed by atoms with Crippen molar-refractivity contribution in [2.75, 3.05) is 18.0 Å². The number of piperidine rings is 2. The molecule has 7 heteroatoms. The van der Waals surface area contributed by atoms with Crippen molar-refractivity contribution >= 4 is 23.5 Å². The van der Waals surface area contributed by atoms with Crippen LogP contribution in [-0.4, -0.2) is 42.6 Å². The monoisotopic (exact) mass is 388 g/mol. The predicted molar refractivity (Wildman–Crippen MR) is 104 cm³/mol. The average molecular weight is 388 g/mol. The lowest BCUT2D eigenvalue weighted by atomic mass is 9.96. The highest BCUT2D eigenvalue weighted by atomic mass is 16.6. The molecule has 1 atom stereocenters. The van der Waals surface area contributed by atoms with E-state index in [1.165, 1.54) is 0 Å². The van der Waals surface area contributed by atoms with E-state index in [0.29, 0.717) is 18.6 Å². The van der Waals surface area contributed by atoms with Crippen LogP contribution in [-0.2, 0) is 19.1 Å². The van der Waals surface area contributed by atoms with Gasteiger partial charge in [0.15, 0.2) is 6.10 Å². The fourth-order valence-electron chi connectivity index (χ4n) is 3.44. The number of benzene rings is 1. The summed E-state index contributed by atoms with van der Waals surface area (Å²) in [5.74, 6) is -0.202. The van der Waals surface area contributed by atoms with Gasteiger partial charge in [-0.3, -0.25) is 19.7 Å². The maximum Gasteiger partial charge on any atom is 0.309 e. The van der Waals surface area contributed by atoms with E-state index >= 15 is 0 Å². The molecule has 28 heavy (non-hydrogen) atoms. The molecule has 0 aromatic heterocycles.